The smallest absolute Gasteiger partial charge is 0.353 e. The van der Waals surface area contributed by atoms with Gasteiger partial charge in [-0.1, -0.05) is 25.5 Å². The van der Waals surface area contributed by atoms with E-state index in [-0.39, 0.29) is 11.5 Å². The first-order valence-electron chi connectivity index (χ1n) is 8.15. The molecule has 1 N–H and O–H groups in total. The monoisotopic (exact) mass is 329 g/mol. The molecule has 2 rings (SSSR count). The predicted molar refractivity (Wildman–Crippen MR) is 95.9 cm³/mol. The third-order valence-electron chi connectivity index (χ3n) is 3.69. The van der Waals surface area contributed by atoms with Crippen molar-refractivity contribution in [1.82, 2.24) is 9.97 Å². The Hall–Kier alpha value is -2.70. The number of aromatic nitrogens is 2. The van der Waals surface area contributed by atoms with Crippen molar-refractivity contribution < 1.29 is 4.92 Å². The number of aryl methyl sites for hydroxylation is 1. The molecule has 7 heteroatoms. The van der Waals surface area contributed by atoms with Crippen molar-refractivity contribution in [3.05, 3.63) is 46.3 Å². The van der Waals surface area contributed by atoms with E-state index in [1.54, 1.807) is 0 Å². The molecule has 1 heterocycles. The molecule has 0 saturated carbocycles. The van der Waals surface area contributed by atoms with E-state index < -0.39 is 4.92 Å². The Labute approximate surface area is 141 Å². The third kappa shape index (κ3) is 3.98. The Morgan fingerprint density at radius 1 is 1.29 bits per heavy atom. The quantitative estimate of drug-likeness (QED) is 0.446. The molecular formula is C17H23N5O2. The zero-order chi connectivity index (χ0) is 17.5. The van der Waals surface area contributed by atoms with Gasteiger partial charge in [-0.25, -0.2) is 9.97 Å². The van der Waals surface area contributed by atoms with Gasteiger partial charge in [0, 0.05) is 18.8 Å². The van der Waals surface area contributed by atoms with Crippen molar-refractivity contribution in [2.75, 3.05) is 23.3 Å². The molecule has 7 nitrogen and oxygen atoms in total. The lowest BCUT2D eigenvalue weighted by atomic mass is 10.2. The van der Waals surface area contributed by atoms with Gasteiger partial charge in [-0.05, 0) is 38.0 Å². The number of hydrogen-bond donors (Lipinski definition) is 1. The van der Waals surface area contributed by atoms with Crippen molar-refractivity contribution in [3.63, 3.8) is 0 Å². The lowest BCUT2D eigenvalue weighted by Gasteiger charge is -2.22. The number of nitrogens with one attached hydrogen (secondary N) is 1. The maximum absolute atomic E-state index is 11.7. The summed E-state index contributed by atoms with van der Waals surface area (Å²) in [5, 5.41) is 14.7. The van der Waals surface area contributed by atoms with Crippen LogP contribution < -0.4 is 10.2 Å². The van der Waals surface area contributed by atoms with Crippen molar-refractivity contribution in [2.24, 2.45) is 0 Å². The van der Waals surface area contributed by atoms with Gasteiger partial charge in [0.2, 0.25) is 11.6 Å². The molecule has 2 aromatic rings. The summed E-state index contributed by atoms with van der Waals surface area (Å²) >= 11 is 0. The Kier molecular flexibility index (Phi) is 6.06. The first-order chi connectivity index (χ1) is 11.6. The van der Waals surface area contributed by atoms with Crippen LogP contribution in [0.15, 0.2) is 30.6 Å². The molecule has 0 atom stereocenters. The van der Waals surface area contributed by atoms with Gasteiger partial charge in [-0.2, -0.15) is 0 Å². The SMILES string of the molecule is CCCCNc1ncnc(N(CC)c2cccc(C)c2)c1[N+](=O)[O-]. The number of rotatable bonds is 8. The predicted octanol–water partition coefficient (Wildman–Crippen LogP) is 4.06. The Bertz CT molecular complexity index is 705. The lowest BCUT2D eigenvalue weighted by Crippen LogP contribution is -2.20. The van der Waals surface area contributed by atoms with Gasteiger partial charge in [0.1, 0.15) is 6.33 Å². The van der Waals surface area contributed by atoms with E-state index in [0.717, 1.165) is 24.1 Å². The van der Waals surface area contributed by atoms with Crippen molar-refractivity contribution in [3.8, 4) is 0 Å². The molecule has 0 spiro atoms. The highest BCUT2D eigenvalue weighted by molar-refractivity contribution is 5.75. The van der Waals surface area contributed by atoms with E-state index in [1.807, 2.05) is 43.0 Å². The molecule has 0 aliphatic rings. The minimum Gasteiger partial charge on any atom is -0.364 e. The van der Waals surface area contributed by atoms with Crippen LogP contribution in [0.1, 0.15) is 32.3 Å². The highest BCUT2D eigenvalue weighted by atomic mass is 16.6. The van der Waals surface area contributed by atoms with Crippen LogP contribution in [0.25, 0.3) is 0 Å². The molecule has 0 radical (unpaired) electrons. The molecule has 0 aliphatic heterocycles. The zero-order valence-corrected chi connectivity index (χ0v) is 14.3. The van der Waals surface area contributed by atoms with E-state index in [0.29, 0.717) is 18.9 Å². The summed E-state index contributed by atoms with van der Waals surface area (Å²) in [6, 6.07) is 7.83. The highest BCUT2D eigenvalue weighted by Crippen LogP contribution is 2.35. The van der Waals surface area contributed by atoms with Crippen LogP contribution in [-0.2, 0) is 0 Å². The number of unbranched alkanes of at least 4 members (excludes halogenated alkanes) is 1. The van der Waals surface area contributed by atoms with E-state index in [1.165, 1.54) is 6.33 Å². The molecule has 0 saturated heterocycles. The van der Waals surface area contributed by atoms with Gasteiger partial charge in [0.15, 0.2) is 0 Å². The van der Waals surface area contributed by atoms with Gasteiger partial charge in [-0.15, -0.1) is 0 Å². The average molecular weight is 329 g/mol. The molecule has 128 valence electrons. The summed E-state index contributed by atoms with van der Waals surface area (Å²) in [6.07, 6.45) is 3.30. The first kappa shape index (κ1) is 17.7. The summed E-state index contributed by atoms with van der Waals surface area (Å²) in [4.78, 5) is 21.3. The number of nitro groups is 1. The minimum absolute atomic E-state index is 0.0861. The lowest BCUT2D eigenvalue weighted by molar-refractivity contribution is -0.383. The fourth-order valence-corrected chi connectivity index (χ4v) is 2.50. The van der Waals surface area contributed by atoms with E-state index >= 15 is 0 Å². The number of benzene rings is 1. The van der Waals surface area contributed by atoms with E-state index in [2.05, 4.69) is 22.2 Å². The maximum atomic E-state index is 11.7. The van der Waals surface area contributed by atoms with Crippen LogP contribution in [0, 0.1) is 17.0 Å². The van der Waals surface area contributed by atoms with Crippen LogP contribution in [0.3, 0.4) is 0 Å². The largest absolute Gasteiger partial charge is 0.364 e. The zero-order valence-electron chi connectivity index (χ0n) is 14.3. The molecule has 1 aromatic heterocycles. The summed E-state index contributed by atoms with van der Waals surface area (Å²) in [6.45, 7) is 7.21. The number of hydrogen-bond acceptors (Lipinski definition) is 6. The molecular weight excluding hydrogens is 306 g/mol. The van der Waals surface area contributed by atoms with E-state index in [4.69, 9.17) is 0 Å². The second-order valence-electron chi connectivity index (χ2n) is 5.52. The Morgan fingerprint density at radius 2 is 2.08 bits per heavy atom. The molecule has 0 aliphatic carbocycles. The second-order valence-corrected chi connectivity index (χ2v) is 5.52. The van der Waals surface area contributed by atoms with Crippen molar-refractivity contribution in [1.29, 1.82) is 0 Å². The fraction of sp³-hybridized carbons (Fsp3) is 0.412. The fourth-order valence-electron chi connectivity index (χ4n) is 2.50. The first-order valence-corrected chi connectivity index (χ1v) is 8.15. The summed E-state index contributed by atoms with van der Waals surface area (Å²) in [5.74, 6) is 0.576. The van der Waals surface area contributed by atoms with Gasteiger partial charge < -0.3 is 10.2 Å². The Balaban J connectivity index is 2.47. The van der Waals surface area contributed by atoms with E-state index in [9.17, 15) is 10.1 Å². The molecule has 0 bridgehead atoms. The highest BCUT2D eigenvalue weighted by Gasteiger charge is 2.27. The molecule has 24 heavy (non-hydrogen) atoms. The molecule has 1 aromatic carbocycles. The standard InChI is InChI=1S/C17H23N5O2/c1-4-6-10-18-16-15(22(23)24)17(20-12-19-16)21(5-2)14-9-7-8-13(3)11-14/h7-9,11-12H,4-6,10H2,1-3H3,(H,18,19,20). The van der Waals surface area contributed by atoms with Gasteiger partial charge >= 0.3 is 5.69 Å². The molecule has 0 amide bonds. The van der Waals surface area contributed by atoms with Crippen LogP contribution >= 0.6 is 0 Å². The summed E-state index contributed by atoms with van der Waals surface area (Å²) in [7, 11) is 0. The van der Waals surface area contributed by atoms with Gasteiger partial charge in [0.25, 0.3) is 0 Å². The maximum Gasteiger partial charge on any atom is 0.353 e. The topological polar surface area (TPSA) is 84.2 Å². The average Bonchev–Trinajstić information content (AvgIpc) is 2.56. The van der Waals surface area contributed by atoms with Crippen LogP contribution in [0.2, 0.25) is 0 Å². The normalized spacial score (nSPS) is 10.5. The summed E-state index contributed by atoms with van der Waals surface area (Å²) in [5.41, 5.74) is 1.87. The number of nitrogens with zero attached hydrogens (tertiary/aromatic N) is 4. The van der Waals surface area contributed by atoms with Crippen LogP contribution in [-0.4, -0.2) is 28.0 Å². The van der Waals surface area contributed by atoms with Gasteiger partial charge in [-0.3, -0.25) is 10.1 Å². The second kappa shape index (κ2) is 8.24. The van der Waals surface area contributed by atoms with Crippen LogP contribution in [0.5, 0.6) is 0 Å². The van der Waals surface area contributed by atoms with Crippen LogP contribution in [0.4, 0.5) is 23.0 Å². The van der Waals surface area contributed by atoms with Gasteiger partial charge in [0.05, 0.1) is 4.92 Å². The van der Waals surface area contributed by atoms with Crippen molar-refractivity contribution >= 4 is 23.0 Å². The number of anilines is 3. The third-order valence-corrected chi connectivity index (χ3v) is 3.69. The molecule has 0 fully saturated rings. The Morgan fingerprint density at radius 3 is 2.71 bits per heavy atom. The minimum atomic E-state index is -0.415. The molecule has 0 unspecified atom stereocenters. The van der Waals surface area contributed by atoms with Crippen molar-refractivity contribution in [2.45, 2.75) is 33.6 Å². The summed E-state index contributed by atoms with van der Waals surface area (Å²) < 4.78 is 0.